The van der Waals surface area contributed by atoms with E-state index in [4.69, 9.17) is 0 Å². The fourth-order valence-electron chi connectivity index (χ4n) is 0.236. The van der Waals surface area contributed by atoms with E-state index in [1.165, 1.54) is 0 Å². The van der Waals surface area contributed by atoms with Crippen LogP contribution in [0.5, 0.6) is 0 Å². The van der Waals surface area contributed by atoms with Crippen LogP contribution in [0.3, 0.4) is 0 Å². The molecule has 0 spiro atoms. The Morgan fingerprint density at radius 3 is 1.36 bits per heavy atom. The molecule has 11 heavy (non-hydrogen) atoms. The summed E-state index contributed by atoms with van der Waals surface area (Å²) in [5.74, 6) is 0.833. The van der Waals surface area contributed by atoms with Gasteiger partial charge in [-0.3, -0.25) is 0 Å². The van der Waals surface area contributed by atoms with E-state index in [1.54, 1.807) is 12.4 Å². The molecule has 66 valence electrons. The van der Waals surface area contributed by atoms with Crippen molar-refractivity contribution < 1.29 is 0 Å². The molecule has 0 aromatic heterocycles. The van der Waals surface area contributed by atoms with E-state index >= 15 is 0 Å². The van der Waals surface area contributed by atoms with Gasteiger partial charge in [-0.25, -0.2) is 0 Å². The SMILES string of the molecule is C1=NN=CC1.CC.CC(C)C. The third-order valence-electron chi connectivity index (χ3n) is 0.441. The predicted molar refractivity (Wildman–Crippen MR) is 53.5 cm³/mol. The first-order chi connectivity index (χ1) is 5.23. The van der Waals surface area contributed by atoms with Crippen molar-refractivity contribution in [2.75, 3.05) is 0 Å². The van der Waals surface area contributed by atoms with Gasteiger partial charge in [0.25, 0.3) is 0 Å². The van der Waals surface area contributed by atoms with Crippen molar-refractivity contribution in [2.45, 2.75) is 41.0 Å². The summed E-state index contributed by atoms with van der Waals surface area (Å²) in [6.07, 6.45) is 4.44. The minimum atomic E-state index is 0.833. The normalized spacial score (nSPS) is 11.8. The van der Waals surface area contributed by atoms with Gasteiger partial charge in [0.2, 0.25) is 0 Å². The lowest BCUT2D eigenvalue weighted by atomic mass is 10.3. The molecule has 0 fully saturated rings. The minimum absolute atomic E-state index is 0.833. The van der Waals surface area contributed by atoms with E-state index in [-0.39, 0.29) is 0 Å². The summed E-state index contributed by atoms with van der Waals surface area (Å²) >= 11 is 0. The summed E-state index contributed by atoms with van der Waals surface area (Å²) in [6.45, 7) is 10.5. The molecule has 1 aliphatic heterocycles. The number of hydrogen-bond donors (Lipinski definition) is 0. The molecule has 0 amide bonds. The maximum atomic E-state index is 3.53. The Labute approximate surface area is 70.4 Å². The van der Waals surface area contributed by atoms with Crippen LogP contribution >= 0.6 is 0 Å². The summed E-state index contributed by atoms with van der Waals surface area (Å²) in [5.41, 5.74) is 0. The van der Waals surface area contributed by atoms with Gasteiger partial charge in [0.05, 0.1) is 0 Å². The molecule has 0 N–H and O–H groups in total. The van der Waals surface area contributed by atoms with Crippen molar-refractivity contribution in [1.82, 2.24) is 0 Å². The summed E-state index contributed by atoms with van der Waals surface area (Å²) in [5, 5.41) is 7.06. The quantitative estimate of drug-likeness (QED) is 0.515. The van der Waals surface area contributed by atoms with Crippen LogP contribution in [0.2, 0.25) is 0 Å². The van der Waals surface area contributed by atoms with Crippen LogP contribution in [0, 0.1) is 5.92 Å². The Kier molecular flexibility index (Phi) is 14.2. The first-order valence-corrected chi connectivity index (χ1v) is 4.26. The topological polar surface area (TPSA) is 24.7 Å². The number of hydrogen-bond acceptors (Lipinski definition) is 2. The van der Waals surface area contributed by atoms with E-state index in [0.717, 1.165) is 12.3 Å². The average molecular weight is 156 g/mol. The Hall–Kier alpha value is -0.660. The van der Waals surface area contributed by atoms with Gasteiger partial charge < -0.3 is 0 Å². The second-order valence-electron chi connectivity index (χ2n) is 2.56. The van der Waals surface area contributed by atoms with Crippen molar-refractivity contribution in [2.24, 2.45) is 16.1 Å². The standard InChI is InChI=1S/C4H10.C3H4N2.C2H6/c1-4(2)3;1-2-4-5-3-1;1-2/h4H,1-3H3;2-3H,1H2;1-2H3. The van der Waals surface area contributed by atoms with Crippen molar-refractivity contribution in [3.8, 4) is 0 Å². The molecule has 0 saturated carbocycles. The van der Waals surface area contributed by atoms with Gasteiger partial charge in [0.1, 0.15) is 0 Å². The fraction of sp³-hybridized carbons (Fsp3) is 0.778. The molecule has 2 heteroatoms. The van der Waals surface area contributed by atoms with Gasteiger partial charge in [-0.15, -0.1) is 0 Å². The second kappa shape index (κ2) is 12.1. The van der Waals surface area contributed by atoms with Crippen LogP contribution in [0.15, 0.2) is 10.2 Å². The third kappa shape index (κ3) is 26.7. The zero-order chi connectivity index (χ0) is 9.11. The van der Waals surface area contributed by atoms with Gasteiger partial charge >= 0.3 is 0 Å². The molecule has 0 aromatic rings. The fourth-order valence-corrected chi connectivity index (χ4v) is 0.236. The lowest BCUT2D eigenvalue weighted by Gasteiger charge is -1.79. The highest BCUT2D eigenvalue weighted by Gasteiger charge is 1.75. The van der Waals surface area contributed by atoms with Crippen molar-refractivity contribution in [3.05, 3.63) is 0 Å². The van der Waals surface area contributed by atoms with Crippen LogP contribution in [0.4, 0.5) is 0 Å². The first kappa shape index (κ1) is 13.0. The monoisotopic (exact) mass is 156 g/mol. The maximum Gasteiger partial charge on any atom is 0.0324 e. The Morgan fingerprint density at radius 2 is 1.27 bits per heavy atom. The Bertz CT molecular complexity index is 91.4. The molecule has 0 saturated heterocycles. The molecule has 2 nitrogen and oxygen atoms in total. The summed E-state index contributed by atoms with van der Waals surface area (Å²) in [7, 11) is 0. The van der Waals surface area contributed by atoms with E-state index in [0.29, 0.717) is 0 Å². The van der Waals surface area contributed by atoms with E-state index < -0.39 is 0 Å². The molecular weight excluding hydrogens is 136 g/mol. The van der Waals surface area contributed by atoms with Gasteiger partial charge in [0.15, 0.2) is 0 Å². The Balaban J connectivity index is 0. The average Bonchev–Trinajstić information content (AvgIpc) is 2.44. The van der Waals surface area contributed by atoms with E-state index in [2.05, 4.69) is 31.0 Å². The molecule has 0 aromatic carbocycles. The highest BCUT2D eigenvalue weighted by molar-refractivity contribution is 5.82. The van der Waals surface area contributed by atoms with Crippen LogP contribution in [-0.4, -0.2) is 12.4 Å². The smallest absolute Gasteiger partial charge is 0.0324 e. The van der Waals surface area contributed by atoms with Crippen molar-refractivity contribution in [3.63, 3.8) is 0 Å². The molecule has 1 rings (SSSR count). The molecule has 0 aliphatic carbocycles. The van der Waals surface area contributed by atoms with Crippen LogP contribution in [0.25, 0.3) is 0 Å². The first-order valence-electron chi connectivity index (χ1n) is 4.26. The summed E-state index contributed by atoms with van der Waals surface area (Å²) < 4.78 is 0. The zero-order valence-corrected chi connectivity index (χ0v) is 8.33. The van der Waals surface area contributed by atoms with Crippen LogP contribution < -0.4 is 0 Å². The summed E-state index contributed by atoms with van der Waals surface area (Å²) in [4.78, 5) is 0. The van der Waals surface area contributed by atoms with Crippen LogP contribution in [-0.2, 0) is 0 Å². The molecule has 1 aliphatic rings. The Morgan fingerprint density at radius 1 is 1.00 bits per heavy atom. The van der Waals surface area contributed by atoms with Gasteiger partial charge in [0, 0.05) is 18.9 Å². The maximum absolute atomic E-state index is 3.53. The second-order valence-corrected chi connectivity index (χ2v) is 2.56. The summed E-state index contributed by atoms with van der Waals surface area (Å²) in [6, 6.07) is 0. The number of nitrogens with zero attached hydrogens (tertiary/aromatic N) is 2. The largest absolute Gasteiger partial charge is 0.164 e. The van der Waals surface area contributed by atoms with Gasteiger partial charge in [-0.2, -0.15) is 10.2 Å². The van der Waals surface area contributed by atoms with E-state index in [9.17, 15) is 0 Å². The molecular formula is C9H20N2. The van der Waals surface area contributed by atoms with Crippen LogP contribution in [0.1, 0.15) is 41.0 Å². The third-order valence-corrected chi connectivity index (χ3v) is 0.441. The molecule has 0 bridgehead atoms. The minimum Gasteiger partial charge on any atom is -0.164 e. The predicted octanol–water partition coefficient (Wildman–Crippen LogP) is 3.14. The number of rotatable bonds is 0. The molecule has 0 atom stereocenters. The van der Waals surface area contributed by atoms with E-state index in [1.807, 2.05) is 13.8 Å². The molecule has 1 heterocycles. The lowest BCUT2D eigenvalue weighted by Crippen LogP contribution is -1.66. The lowest BCUT2D eigenvalue weighted by molar-refractivity contribution is 0.737. The highest BCUT2D eigenvalue weighted by atomic mass is 15.2. The highest BCUT2D eigenvalue weighted by Crippen LogP contribution is 1.81. The van der Waals surface area contributed by atoms with Gasteiger partial charge in [-0.1, -0.05) is 34.6 Å². The van der Waals surface area contributed by atoms with Crippen molar-refractivity contribution >= 4 is 12.4 Å². The van der Waals surface area contributed by atoms with Crippen molar-refractivity contribution in [1.29, 1.82) is 0 Å². The zero-order valence-electron chi connectivity index (χ0n) is 8.33. The van der Waals surface area contributed by atoms with Gasteiger partial charge in [-0.05, 0) is 5.92 Å². The molecule has 0 unspecified atom stereocenters. The molecule has 0 radical (unpaired) electrons.